The van der Waals surface area contributed by atoms with Crippen molar-refractivity contribution in [2.45, 2.75) is 25.3 Å². The predicted octanol–water partition coefficient (Wildman–Crippen LogP) is 2.20. The zero-order valence-electron chi connectivity index (χ0n) is 17.7. The van der Waals surface area contributed by atoms with Crippen molar-refractivity contribution in [2.75, 3.05) is 24.7 Å². The van der Waals surface area contributed by atoms with Gasteiger partial charge in [-0.2, -0.15) is 9.61 Å². The van der Waals surface area contributed by atoms with Crippen LogP contribution in [0.15, 0.2) is 30.6 Å². The molecule has 1 saturated carbocycles. The first-order valence-electron chi connectivity index (χ1n) is 10.1. The molecule has 4 rings (SSSR count). The molecule has 9 nitrogen and oxygen atoms in total. The van der Waals surface area contributed by atoms with Gasteiger partial charge in [-0.05, 0) is 31.4 Å². The van der Waals surface area contributed by atoms with Gasteiger partial charge in [-0.25, -0.2) is 9.97 Å². The van der Waals surface area contributed by atoms with Gasteiger partial charge in [0.2, 0.25) is 5.88 Å². The molecule has 0 atom stereocenters. The molecule has 1 amide bonds. The lowest BCUT2D eigenvalue weighted by Gasteiger charge is -2.26. The molecule has 140 valence electrons. The number of ether oxygens (including phenoxy) is 1. The summed E-state index contributed by atoms with van der Waals surface area (Å²) in [4.78, 5) is 21.2. The fourth-order valence-corrected chi connectivity index (χ4v) is 2.89. The molecular weight excluding hydrogens is 346 g/mol. The molecule has 3 aromatic rings. The molecule has 0 bridgehead atoms. The van der Waals surface area contributed by atoms with Crippen LogP contribution in [0.25, 0.3) is 5.65 Å². The van der Waals surface area contributed by atoms with Crippen LogP contribution in [0.5, 0.6) is 5.88 Å². The maximum absolute atomic E-state index is 12.7. The molecule has 0 aliphatic heterocycles. The van der Waals surface area contributed by atoms with E-state index in [1.54, 1.807) is 25.2 Å². The van der Waals surface area contributed by atoms with Gasteiger partial charge < -0.3 is 20.7 Å². The van der Waals surface area contributed by atoms with Gasteiger partial charge in [0, 0.05) is 25.4 Å². The van der Waals surface area contributed by atoms with Gasteiger partial charge in [0.1, 0.15) is 22.9 Å². The number of methoxy groups -OCH3 is 1. The summed E-state index contributed by atoms with van der Waals surface area (Å²) >= 11 is 0. The highest BCUT2D eigenvalue weighted by Gasteiger charge is 2.23. The topological polar surface area (TPSA) is 105 Å². The molecule has 0 spiro atoms. The zero-order valence-corrected chi connectivity index (χ0v) is 14.7. The van der Waals surface area contributed by atoms with Gasteiger partial charge in [-0.15, -0.1) is 0 Å². The molecule has 0 unspecified atom stereocenters. The average molecular weight is 370 g/mol. The first kappa shape index (κ1) is 13.8. The number of amides is 1. The second kappa shape index (κ2) is 7.10. The minimum absolute atomic E-state index is 0.0818. The molecule has 1 aliphatic carbocycles. The molecule has 0 saturated heterocycles. The summed E-state index contributed by atoms with van der Waals surface area (Å²) < 4.78 is 28.4. The Morgan fingerprint density at radius 3 is 3.07 bits per heavy atom. The molecule has 3 heterocycles. The van der Waals surface area contributed by atoms with Crippen LogP contribution in [-0.4, -0.2) is 45.6 Å². The van der Waals surface area contributed by atoms with Crippen LogP contribution in [-0.2, 0) is 0 Å². The van der Waals surface area contributed by atoms with E-state index < -0.39 is 7.04 Å². The first-order chi connectivity index (χ1) is 14.3. The molecule has 3 N–H and O–H groups in total. The number of aromatic nitrogens is 4. The number of carbonyl (C=O) groups excluding carboxylic acids is 1. The summed E-state index contributed by atoms with van der Waals surface area (Å²) in [7, 11) is -0.919. The Bertz CT molecular complexity index is 1080. The second-order valence-corrected chi connectivity index (χ2v) is 6.25. The molecule has 9 heteroatoms. The maximum Gasteiger partial charge on any atom is 0.256 e. The Hall–Kier alpha value is -3.36. The monoisotopic (exact) mass is 370 g/mol. The van der Waals surface area contributed by atoms with Crippen LogP contribution in [0.2, 0.25) is 0 Å². The van der Waals surface area contributed by atoms with E-state index in [0.717, 1.165) is 19.3 Å². The van der Waals surface area contributed by atoms with Crippen molar-refractivity contribution < 1.29 is 13.6 Å². The lowest BCUT2D eigenvalue weighted by atomic mass is 9.93. The smallest absolute Gasteiger partial charge is 0.256 e. The standard InChI is InChI=1S/C18H21N7O2/c1-19-15-9-14(23-13-7-4-8-20-18(13)27-2)24-16-12(10-21-25(15)16)17(26)22-11-5-3-6-11/h4,7-11,19H,3,5-6H2,1-2H3,(H,22,26)(H,23,24)/i2D3. The number of hydrogen-bond donors (Lipinski definition) is 3. The van der Waals surface area contributed by atoms with Gasteiger partial charge in [0.25, 0.3) is 5.91 Å². The van der Waals surface area contributed by atoms with Crippen LogP contribution in [0.1, 0.15) is 33.7 Å². The normalized spacial score (nSPS) is 16.0. The third-order valence-electron chi connectivity index (χ3n) is 4.54. The summed E-state index contributed by atoms with van der Waals surface area (Å²) in [6.07, 6.45) is 5.97. The molecule has 3 aromatic heterocycles. The minimum atomic E-state index is -2.64. The van der Waals surface area contributed by atoms with Crippen LogP contribution in [0, 0.1) is 0 Å². The third-order valence-corrected chi connectivity index (χ3v) is 4.54. The SMILES string of the molecule is [2H]C([2H])([2H])Oc1ncccc1Nc1cc(NC)n2ncc(C(=O)NC3CCC3)c2n1. The van der Waals surface area contributed by atoms with Crippen molar-refractivity contribution in [1.29, 1.82) is 0 Å². The number of anilines is 3. The van der Waals surface area contributed by atoms with E-state index in [9.17, 15) is 4.79 Å². The Morgan fingerprint density at radius 2 is 2.33 bits per heavy atom. The largest absolute Gasteiger partial charge is 0.480 e. The third kappa shape index (κ3) is 3.23. The van der Waals surface area contributed by atoms with Crippen LogP contribution in [0.3, 0.4) is 0 Å². The molecular formula is C18H21N7O2. The number of hydrogen-bond acceptors (Lipinski definition) is 7. The summed E-state index contributed by atoms with van der Waals surface area (Å²) in [5, 5.41) is 13.3. The van der Waals surface area contributed by atoms with Crippen molar-refractivity contribution in [3.05, 3.63) is 36.2 Å². The van der Waals surface area contributed by atoms with Gasteiger partial charge in [-0.3, -0.25) is 4.79 Å². The van der Waals surface area contributed by atoms with Gasteiger partial charge in [-0.1, -0.05) is 0 Å². The Labute approximate surface area is 160 Å². The van der Waals surface area contributed by atoms with Crippen molar-refractivity contribution in [3.63, 3.8) is 0 Å². The molecule has 0 radical (unpaired) electrons. The maximum atomic E-state index is 12.7. The lowest BCUT2D eigenvalue weighted by molar-refractivity contribution is 0.0918. The van der Waals surface area contributed by atoms with Gasteiger partial charge in [0.05, 0.1) is 17.3 Å². The Morgan fingerprint density at radius 1 is 1.44 bits per heavy atom. The average Bonchev–Trinajstić information content (AvgIpc) is 3.08. The first-order valence-corrected chi connectivity index (χ1v) is 8.62. The van der Waals surface area contributed by atoms with Crippen LogP contribution in [0.4, 0.5) is 17.3 Å². The van der Waals surface area contributed by atoms with E-state index in [0.29, 0.717) is 28.5 Å². The summed E-state index contributed by atoms with van der Waals surface area (Å²) in [6, 6.07) is 5.13. The number of pyridine rings is 1. The Kier molecular flexibility index (Phi) is 3.63. The van der Waals surface area contributed by atoms with Crippen LogP contribution >= 0.6 is 0 Å². The van der Waals surface area contributed by atoms with E-state index in [4.69, 9.17) is 8.85 Å². The number of nitrogens with zero attached hydrogens (tertiary/aromatic N) is 4. The molecule has 1 fully saturated rings. The summed E-state index contributed by atoms with van der Waals surface area (Å²) in [5.41, 5.74) is 1.04. The summed E-state index contributed by atoms with van der Waals surface area (Å²) in [5.74, 6) is 0.650. The Balaban J connectivity index is 1.68. The zero-order chi connectivity index (χ0) is 21.3. The lowest BCUT2D eigenvalue weighted by Crippen LogP contribution is -2.39. The highest BCUT2D eigenvalue weighted by Crippen LogP contribution is 2.26. The highest BCUT2D eigenvalue weighted by atomic mass is 16.5. The van der Waals surface area contributed by atoms with E-state index in [2.05, 4.69) is 31.0 Å². The van der Waals surface area contributed by atoms with Crippen molar-refractivity contribution in [1.82, 2.24) is 24.9 Å². The van der Waals surface area contributed by atoms with E-state index in [-0.39, 0.29) is 17.8 Å². The number of rotatable bonds is 6. The number of carbonyl (C=O) groups is 1. The fourth-order valence-electron chi connectivity index (χ4n) is 2.89. The number of fused-ring (bicyclic) bond motifs is 1. The van der Waals surface area contributed by atoms with Crippen molar-refractivity contribution in [3.8, 4) is 5.88 Å². The van der Waals surface area contributed by atoms with Crippen molar-refractivity contribution in [2.24, 2.45) is 0 Å². The van der Waals surface area contributed by atoms with Gasteiger partial charge >= 0.3 is 0 Å². The second-order valence-electron chi connectivity index (χ2n) is 6.25. The predicted molar refractivity (Wildman–Crippen MR) is 102 cm³/mol. The van der Waals surface area contributed by atoms with Crippen molar-refractivity contribution >= 4 is 28.9 Å². The molecule has 27 heavy (non-hydrogen) atoms. The number of nitrogens with one attached hydrogen (secondary N) is 3. The fraction of sp³-hybridized carbons (Fsp3) is 0.333. The molecule has 0 aromatic carbocycles. The molecule has 1 aliphatic rings. The summed E-state index contributed by atoms with van der Waals surface area (Å²) in [6.45, 7) is 0. The van der Waals surface area contributed by atoms with E-state index in [1.165, 1.54) is 16.9 Å². The van der Waals surface area contributed by atoms with Gasteiger partial charge in [0.15, 0.2) is 5.65 Å². The quantitative estimate of drug-likeness (QED) is 0.611. The highest BCUT2D eigenvalue weighted by molar-refractivity contribution is 6.00. The minimum Gasteiger partial charge on any atom is -0.480 e. The van der Waals surface area contributed by atoms with Crippen LogP contribution < -0.4 is 20.7 Å². The van der Waals surface area contributed by atoms with E-state index >= 15 is 0 Å². The van der Waals surface area contributed by atoms with E-state index in [1.807, 2.05) is 0 Å².